The fourth-order valence-corrected chi connectivity index (χ4v) is 1.45. The second-order valence-electron chi connectivity index (χ2n) is 3.20. The molecule has 18 heavy (non-hydrogen) atoms. The zero-order valence-electron chi connectivity index (χ0n) is 8.65. The van der Waals surface area contributed by atoms with Gasteiger partial charge in [-0.3, -0.25) is 10.1 Å². The van der Waals surface area contributed by atoms with Crippen molar-refractivity contribution in [1.29, 1.82) is 10.5 Å². The van der Waals surface area contributed by atoms with Gasteiger partial charge in [-0.25, -0.2) is 0 Å². The van der Waals surface area contributed by atoms with Crippen LogP contribution >= 0.6 is 0 Å². The Kier molecular flexibility index (Phi) is 3.53. The molecule has 0 amide bonds. The molecule has 92 valence electrons. The third kappa shape index (κ3) is 2.38. The maximum absolute atomic E-state index is 12.7. The Bertz CT molecular complexity index is 582. The quantitative estimate of drug-likeness (QED) is 0.599. The van der Waals surface area contributed by atoms with E-state index in [9.17, 15) is 23.3 Å². The van der Waals surface area contributed by atoms with E-state index in [0.717, 1.165) is 12.1 Å². The summed E-state index contributed by atoms with van der Waals surface area (Å²) in [5.74, 6) is 0. The van der Waals surface area contributed by atoms with E-state index in [4.69, 9.17) is 10.5 Å². The summed E-state index contributed by atoms with van der Waals surface area (Å²) in [6.45, 7) is 0. The van der Waals surface area contributed by atoms with Crippen molar-refractivity contribution in [3.63, 3.8) is 0 Å². The van der Waals surface area contributed by atoms with Gasteiger partial charge in [0.2, 0.25) is 0 Å². The van der Waals surface area contributed by atoms with Crippen LogP contribution in [-0.2, 0) is 12.6 Å². The molecule has 0 heterocycles. The molecular weight excluding hydrogens is 251 g/mol. The molecule has 0 aliphatic heterocycles. The largest absolute Gasteiger partial charge is 0.424 e. The highest BCUT2D eigenvalue weighted by molar-refractivity contribution is 5.57. The lowest BCUT2D eigenvalue weighted by Crippen LogP contribution is -2.13. The highest BCUT2D eigenvalue weighted by Crippen LogP contribution is 2.40. The van der Waals surface area contributed by atoms with Crippen molar-refractivity contribution in [1.82, 2.24) is 0 Å². The Morgan fingerprint density at radius 3 is 2.33 bits per heavy atom. The zero-order valence-corrected chi connectivity index (χ0v) is 8.65. The Labute approximate surface area is 98.8 Å². The number of nitrogens with zero attached hydrogens (tertiary/aromatic N) is 3. The minimum atomic E-state index is -5.03. The Morgan fingerprint density at radius 1 is 1.33 bits per heavy atom. The number of nitro benzene ring substituents is 1. The minimum Gasteiger partial charge on any atom is -0.258 e. The van der Waals surface area contributed by atoms with Crippen LogP contribution in [0.3, 0.4) is 0 Å². The summed E-state index contributed by atoms with van der Waals surface area (Å²) in [5.41, 5.74) is -4.05. The van der Waals surface area contributed by atoms with Crippen molar-refractivity contribution >= 4 is 5.69 Å². The maximum Gasteiger partial charge on any atom is 0.424 e. The highest BCUT2D eigenvalue weighted by Gasteiger charge is 2.42. The number of halogens is 3. The number of hydrogen-bond donors (Lipinski definition) is 0. The summed E-state index contributed by atoms with van der Waals surface area (Å²) < 4.78 is 38.2. The molecule has 0 aliphatic rings. The van der Waals surface area contributed by atoms with Crippen LogP contribution in [0.2, 0.25) is 0 Å². The standard InChI is InChI=1S/C10H4F3N3O2/c11-10(12,13)8-7(5-15)2-1-6(3-4-14)9(8)16(17)18/h1-2H,3H2. The smallest absolute Gasteiger partial charge is 0.258 e. The van der Waals surface area contributed by atoms with E-state index in [-0.39, 0.29) is 5.56 Å². The van der Waals surface area contributed by atoms with Crippen LogP contribution in [0.5, 0.6) is 0 Å². The number of nitro groups is 1. The first-order chi connectivity index (χ1) is 8.32. The summed E-state index contributed by atoms with van der Waals surface area (Å²) in [7, 11) is 0. The fraction of sp³-hybridized carbons (Fsp3) is 0.200. The third-order valence-corrected chi connectivity index (χ3v) is 2.12. The molecule has 1 rings (SSSR count). The number of hydrogen-bond acceptors (Lipinski definition) is 4. The number of benzene rings is 1. The molecule has 0 unspecified atom stereocenters. The SMILES string of the molecule is N#CCc1ccc(C#N)c(C(F)(F)F)c1[N+](=O)[O-]. The van der Waals surface area contributed by atoms with Crippen molar-refractivity contribution in [3.8, 4) is 12.1 Å². The molecule has 0 saturated carbocycles. The fourth-order valence-electron chi connectivity index (χ4n) is 1.45. The topological polar surface area (TPSA) is 90.7 Å². The van der Waals surface area contributed by atoms with Gasteiger partial charge in [0.25, 0.3) is 5.69 Å². The van der Waals surface area contributed by atoms with E-state index in [1.807, 2.05) is 0 Å². The summed E-state index contributed by atoms with van der Waals surface area (Å²) in [6.07, 6.45) is -5.57. The maximum atomic E-state index is 12.7. The van der Waals surface area contributed by atoms with Crippen LogP contribution in [0.15, 0.2) is 12.1 Å². The first-order valence-electron chi connectivity index (χ1n) is 4.47. The van der Waals surface area contributed by atoms with Gasteiger partial charge < -0.3 is 0 Å². The monoisotopic (exact) mass is 255 g/mol. The van der Waals surface area contributed by atoms with Gasteiger partial charge in [0.05, 0.1) is 23.0 Å². The molecular formula is C10H4F3N3O2. The van der Waals surface area contributed by atoms with Gasteiger partial charge in [0, 0.05) is 5.56 Å². The molecule has 0 atom stereocenters. The Morgan fingerprint density at radius 2 is 1.94 bits per heavy atom. The molecule has 0 aromatic heterocycles. The molecule has 0 N–H and O–H groups in total. The number of rotatable bonds is 2. The molecule has 0 fully saturated rings. The summed E-state index contributed by atoms with van der Waals surface area (Å²) in [5, 5.41) is 27.7. The predicted octanol–water partition coefficient (Wildman–Crippen LogP) is 2.55. The van der Waals surface area contributed by atoms with Gasteiger partial charge in [0.1, 0.15) is 6.07 Å². The Hall–Kier alpha value is -2.61. The second kappa shape index (κ2) is 4.72. The van der Waals surface area contributed by atoms with Gasteiger partial charge >= 0.3 is 6.18 Å². The summed E-state index contributed by atoms with van der Waals surface area (Å²) >= 11 is 0. The van der Waals surface area contributed by atoms with E-state index in [1.165, 1.54) is 6.07 Å². The van der Waals surface area contributed by atoms with Crippen LogP contribution in [0.4, 0.5) is 18.9 Å². The van der Waals surface area contributed by atoms with Crippen LogP contribution in [0, 0.1) is 32.8 Å². The molecule has 1 aromatic rings. The average molecular weight is 255 g/mol. The molecule has 0 saturated heterocycles. The van der Waals surface area contributed by atoms with Crippen molar-refractivity contribution in [2.75, 3.05) is 0 Å². The Balaban J connectivity index is 3.73. The normalized spacial score (nSPS) is 10.5. The van der Waals surface area contributed by atoms with Crippen molar-refractivity contribution in [2.24, 2.45) is 0 Å². The number of nitriles is 2. The van der Waals surface area contributed by atoms with Crippen LogP contribution in [0.25, 0.3) is 0 Å². The van der Waals surface area contributed by atoms with Crippen LogP contribution < -0.4 is 0 Å². The molecule has 0 aliphatic carbocycles. The minimum absolute atomic E-state index is 0.367. The van der Waals surface area contributed by atoms with E-state index in [1.54, 1.807) is 6.07 Å². The molecule has 8 heteroatoms. The van der Waals surface area contributed by atoms with Crippen LogP contribution in [0.1, 0.15) is 16.7 Å². The van der Waals surface area contributed by atoms with E-state index >= 15 is 0 Å². The molecule has 5 nitrogen and oxygen atoms in total. The van der Waals surface area contributed by atoms with Gasteiger partial charge in [-0.1, -0.05) is 0 Å². The van der Waals surface area contributed by atoms with E-state index < -0.39 is 34.3 Å². The first kappa shape index (κ1) is 13.5. The lowest BCUT2D eigenvalue weighted by Gasteiger charge is -2.11. The first-order valence-corrected chi connectivity index (χ1v) is 4.47. The van der Waals surface area contributed by atoms with Crippen molar-refractivity contribution < 1.29 is 18.1 Å². The van der Waals surface area contributed by atoms with Gasteiger partial charge in [-0.2, -0.15) is 23.7 Å². The third-order valence-electron chi connectivity index (χ3n) is 2.12. The number of alkyl halides is 3. The van der Waals surface area contributed by atoms with E-state index in [0.29, 0.717) is 0 Å². The lowest BCUT2D eigenvalue weighted by atomic mass is 9.99. The van der Waals surface area contributed by atoms with Gasteiger partial charge in [-0.15, -0.1) is 0 Å². The summed E-state index contributed by atoms with van der Waals surface area (Å²) in [6, 6.07) is 4.60. The molecule has 1 aromatic carbocycles. The summed E-state index contributed by atoms with van der Waals surface area (Å²) in [4.78, 5) is 9.49. The van der Waals surface area contributed by atoms with Gasteiger partial charge in [-0.05, 0) is 12.1 Å². The molecule has 0 bridgehead atoms. The molecule has 0 spiro atoms. The van der Waals surface area contributed by atoms with E-state index in [2.05, 4.69) is 0 Å². The lowest BCUT2D eigenvalue weighted by molar-refractivity contribution is -0.388. The van der Waals surface area contributed by atoms with Crippen molar-refractivity contribution in [3.05, 3.63) is 38.9 Å². The molecule has 0 radical (unpaired) electrons. The van der Waals surface area contributed by atoms with Crippen molar-refractivity contribution in [2.45, 2.75) is 12.6 Å². The predicted molar refractivity (Wildman–Crippen MR) is 52.1 cm³/mol. The average Bonchev–Trinajstić information content (AvgIpc) is 2.27. The zero-order chi connectivity index (χ0) is 13.9. The van der Waals surface area contributed by atoms with Gasteiger partial charge in [0.15, 0.2) is 5.56 Å². The second-order valence-corrected chi connectivity index (χ2v) is 3.20. The van der Waals surface area contributed by atoms with Crippen LogP contribution in [-0.4, -0.2) is 4.92 Å². The highest BCUT2D eigenvalue weighted by atomic mass is 19.4.